The molecular weight excluding hydrogens is 746 g/mol. The van der Waals surface area contributed by atoms with Gasteiger partial charge >= 0.3 is 11.9 Å². The highest BCUT2D eigenvalue weighted by molar-refractivity contribution is 9.11. The average Bonchev–Trinajstić information content (AvgIpc) is 3.41. The van der Waals surface area contributed by atoms with Gasteiger partial charge in [-0.3, -0.25) is 9.59 Å². The van der Waals surface area contributed by atoms with Crippen LogP contribution in [0.25, 0.3) is 22.0 Å². The number of halogens is 3. The van der Waals surface area contributed by atoms with Crippen molar-refractivity contribution in [2.24, 2.45) is 5.10 Å². The lowest BCUT2D eigenvalue weighted by Crippen LogP contribution is -2.19. The maximum atomic E-state index is 13.5. The molecule has 0 atom stereocenters. The van der Waals surface area contributed by atoms with E-state index in [1.165, 1.54) is 38.4 Å². The SMILES string of the molecule is COc1ccc2[nH]c(C(=O)NN=Cc3cc(Br)cc(Br)c3OC(=O)c3ccc(OC(C)=O)c(OC)c3)c(-c3ccccc3Cl)c2c1. The highest BCUT2D eigenvalue weighted by atomic mass is 79.9. The van der Waals surface area contributed by atoms with Crippen LogP contribution in [0.5, 0.6) is 23.0 Å². The molecular formula is C33H24Br2ClN3O7. The van der Waals surface area contributed by atoms with Gasteiger partial charge in [-0.25, -0.2) is 10.2 Å². The molecule has 0 aliphatic rings. The van der Waals surface area contributed by atoms with E-state index in [0.29, 0.717) is 41.9 Å². The smallest absolute Gasteiger partial charge is 0.343 e. The van der Waals surface area contributed by atoms with Crippen LogP contribution in [0.2, 0.25) is 5.02 Å². The van der Waals surface area contributed by atoms with Crippen molar-refractivity contribution >= 4 is 78.4 Å². The van der Waals surface area contributed by atoms with E-state index in [-0.39, 0.29) is 28.5 Å². The zero-order valence-corrected chi connectivity index (χ0v) is 28.4. The molecule has 0 aliphatic carbocycles. The molecule has 2 N–H and O–H groups in total. The Labute approximate surface area is 284 Å². The lowest BCUT2D eigenvalue weighted by Gasteiger charge is -2.12. The number of methoxy groups -OCH3 is 2. The fourth-order valence-electron chi connectivity index (χ4n) is 4.60. The van der Waals surface area contributed by atoms with E-state index in [1.807, 2.05) is 24.3 Å². The first-order valence-electron chi connectivity index (χ1n) is 13.4. The third-order valence-corrected chi connectivity index (χ3v) is 8.01. The first-order valence-corrected chi connectivity index (χ1v) is 15.4. The van der Waals surface area contributed by atoms with Gasteiger partial charge in [-0.05, 0) is 70.5 Å². The maximum Gasteiger partial charge on any atom is 0.343 e. The van der Waals surface area contributed by atoms with Crippen molar-refractivity contribution in [2.75, 3.05) is 14.2 Å². The number of ether oxygens (including phenoxy) is 4. The van der Waals surface area contributed by atoms with Crippen LogP contribution >= 0.6 is 43.5 Å². The van der Waals surface area contributed by atoms with Crippen LogP contribution in [0.15, 0.2) is 86.8 Å². The number of rotatable bonds is 9. The zero-order chi connectivity index (χ0) is 33.0. The van der Waals surface area contributed by atoms with Crippen molar-refractivity contribution in [3.05, 3.63) is 104 Å². The Morgan fingerprint density at radius 2 is 1.70 bits per heavy atom. The maximum absolute atomic E-state index is 13.5. The lowest BCUT2D eigenvalue weighted by atomic mass is 10.0. The van der Waals surface area contributed by atoms with Gasteiger partial charge in [-0.2, -0.15) is 5.10 Å². The van der Waals surface area contributed by atoms with Gasteiger partial charge < -0.3 is 23.9 Å². The standard InChI is InChI=1S/C33H24Br2ClN3O7/c1-17(40)45-27-11-8-18(13-28(27)44-3)33(42)46-31-19(12-20(34)14-24(31)35)16-37-39-32(41)30-29(22-6-4-5-7-25(22)36)23-15-21(43-2)9-10-26(23)38-30/h4-16,38H,1-3H3,(H,39,41). The second-order valence-corrected chi connectivity index (χ2v) is 11.8. The van der Waals surface area contributed by atoms with Crippen LogP contribution < -0.4 is 24.4 Å². The molecule has 10 nitrogen and oxygen atoms in total. The van der Waals surface area contributed by atoms with E-state index in [4.69, 9.17) is 30.5 Å². The van der Waals surface area contributed by atoms with Gasteiger partial charge in [0.15, 0.2) is 17.2 Å². The number of nitrogens with zero attached hydrogens (tertiary/aromatic N) is 1. The number of nitrogens with one attached hydrogen (secondary N) is 2. The predicted octanol–water partition coefficient (Wildman–Crippen LogP) is 7.94. The highest BCUT2D eigenvalue weighted by Crippen LogP contribution is 2.38. The monoisotopic (exact) mass is 767 g/mol. The summed E-state index contributed by atoms with van der Waals surface area (Å²) >= 11 is 13.4. The topological polar surface area (TPSA) is 128 Å². The van der Waals surface area contributed by atoms with Crippen molar-refractivity contribution in [3.63, 3.8) is 0 Å². The third-order valence-electron chi connectivity index (χ3n) is 6.63. The van der Waals surface area contributed by atoms with E-state index in [9.17, 15) is 14.4 Å². The quantitative estimate of drug-likeness (QED) is 0.0675. The first kappa shape index (κ1) is 32.7. The number of esters is 2. The van der Waals surface area contributed by atoms with Crippen molar-refractivity contribution in [1.82, 2.24) is 10.4 Å². The van der Waals surface area contributed by atoms with Crippen LogP contribution in [0, 0.1) is 0 Å². The molecule has 0 fully saturated rings. The summed E-state index contributed by atoms with van der Waals surface area (Å²) in [6, 6.07) is 20.3. The van der Waals surface area contributed by atoms with Gasteiger partial charge in [0.1, 0.15) is 11.4 Å². The fourth-order valence-corrected chi connectivity index (χ4v) is 6.17. The van der Waals surface area contributed by atoms with Crippen LogP contribution in [0.1, 0.15) is 33.3 Å². The number of hydrazone groups is 1. The van der Waals surface area contributed by atoms with E-state index in [1.54, 1.807) is 37.4 Å². The van der Waals surface area contributed by atoms with Gasteiger partial charge in [0, 0.05) is 44.0 Å². The molecule has 1 heterocycles. The number of carbonyl (C=O) groups excluding carboxylic acids is 3. The van der Waals surface area contributed by atoms with Crippen molar-refractivity contribution in [3.8, 4) is 34.1 Å². The fraction of sp³-hybridized carbons (Fsp3) is 0.0909. The Balaban J connectivity index is 1.43. The third kappa shape index (κ3) is 7.09. The Hall–Kier alpha value is -4.65. The minimum absolute atomic E-state index is 0.140. The number of benzene rings is 4. The summed E-state index contributed by atoms with van der Waals surface area (Å²) < 4.78 is 22.6. The van der Waals surface area contributed by atoms with Crippen molar-refractivity contribution < 1.29 is 33.3 Å². The summed E-state index contributed by atoms with van der Waals surface area (Å²) in [5, 5.41) is 5.37. The van der Waals surface area contributed by atoms with E-state index < -0.39 is 17.8 Å². The lowest BCUT2D eigenvalue weighted by molar-refractivity contribution is -0.132. The first-order chi connectivity index (χ1) is 22.1. The van der Waals surface area contributed by atoms with Crippen LogP contribution in [0.3, 0.4) is 0 Å². The Morgan fingerprint density at radius 1 is 0.913 bits per heavy atom. The number of aromatic nitrogens is 1. The molecule has 5 rings (SSSR count). The molecule has 1 amide bonds. The number of H-pyrrole nitrogens is 1. The van der Waals surface area contributed by atoms with Crippen molar-refractivity contribution in [1.29, 1.82) is 0 Å². The summed E-state index contributed by atoms with van der Waals surface area (Å²) in [6.45, 7) is 1.26. The number of amides is 1. The van der Waals surface area contributed by atoms with Gasteiger partial charge in [0.2, 0.25) is 0 Å². The second-order valence-electron chi connectivity index (χ2n) is 9.62. The van der Waals surface area contributed by atoms with Gasteiger partial charge in [0.25, 0.3) is 5.91 Å². The number of hydrogen-bond acceptors (Lipinski definition) is 8. The normalized spacial score (nSPS) is 11.0. The molecule has 46 heavy (non-hydrogen) atoms. The molecule has 0 bridgehead atoms. The number of aromatic amines is 1. The predicted molar refractivity (Wildman–Crippen MR) is 181 cm³/mol. The molecule has 0 aliphatic heterocycles. The van der Waals surface area contributed by atoms with Crippen LogP contribution in [-0.2, 0) is 4.79 Å². The number of fused-ring (bicyclic) bond motifs is 1. The largest absolute Gasteiger partial charge is 0.497 e. The number of carbonyl (C=O) groups is 3. The molecule has 234 valence electrons. The molecule has 0 saturated heterocycles. The molecule has 4 aromatic carbocycles. The summed E-state index contributed by atoms with van der Waals surface area (Å²) in [6.07, 6.45) is 1.35. The number of hydrogen-bond donors (Lipinski definition) is 2. The van der Waals surface area contributed by atoms with E-state index in [0.717, 1.165) is 5.39 Å². The van der Waals surface area contributed by atoms with E-state index in [2.05, 4.69) is 47.4 Å². The van der Waals surface area contributed by atoms with Gasteiger partial charge in [0.05, 0.1) is 30.5 Å². The molecule has 0 saturated carbocycles. The molecule has 0 radical (unpaired) electrons. The molecule has 1 aromatic heterocycles. The van der Waals surface area contributed by atoms with Crippen molar-refractivity contribution in [2.45, 2.75) is 6.92 Å². The Kier molecular flexibility index (Phi) is 10.1. The minimum Gasteiger partial charge on any atom is -0.497 e. The Morgan fingerprint density at radius 3 is 2.41 bits per heavy atom. The zero-order valence-electron chi connectivity index (χ0n) is 24.4. The summed E-state index contributed by atoms with van der Waals surface area (Å²) in [4.78, 5) is 41.2. The molecule has 0 unspecified atom stereocenters. The second kappa shape index (κ2) is 14.2. The van der Waals surface area contributed by atoms with Gasteiger partial charge in [-0.15, -0.1) is 0 Å². The van der Waals surface area contributed by atoms with Crippen LogP contribution in [-0.4, -0.2) is 43.3 Å². The highest BCUT2D eigenvalue weighted by Gasteiger charge is 2.22. The molecule has 5 aromatic rings. The van der Waals surface area contributed by atoms with Gasteiger partial charge in [-0.1, -0.05) is 45.7 Å². The molecule has 13 heteroatoms. The average molecular weight is 770 g/mol. The summed E-state index contributed by atoms with van der Waals surface area (Å²) in [5.74, 6) is -0.689. The molecule has 0 spiro atoms. The summed E-state index contributed by atoms with van der Waals surface area (Å²) in [5.41, 5.74) is 5.23. The van der Waals surface area contributed by atoms with Crippen LogP contribution in [0.4, 0.5) is 0 Å². The van der Waals surface area contributed by atoms with E-state index >= 15 is 0 Å². The Bertz CT molecular complexity index is 2030. The minimum atomic E-state index is -0.715. The summed E-state index contributed by atoms with van der Waals surface area (Å²) in [7, 11) is 2.95.